The second-order valence-corrected chi connectivity index (χ2v) is 7.09. The molecule has 4 rings (SSSR count). The first kappa shape index (κ1) is 16.2. The Kier molecular flexibility index (Phi) is 4.46. The average molecular weight is 337 g/mol. The number of carbonyl (C=O) groups is 1. The van der Waals surface area contributed by atoms with Gasteiger partial charge in [-0.1, -0.05) is 0 Å². The van der Waals surface area contributed by atoms with Crippen LogP contribution in [0.15, 0.2) is 28.7 Å². The Hall–Kier alpha value is -2.32. The van der Waals surface area contributed by atoms with E-state index in [1.807, 2.05) is 18.2 Å². The van der Waals surface area contributed by atoms with E-state index in [1.165, 1.54) is 0 Å². The number of furan rings is 1. The fourth-order valence-electron chi connectivity index (χ4n) is 4.12. The van der Waals surface area contributed by atoms with Crippen LogP contribution in [0.5, 0.6) is 0 Å². The highest BCUT2D eigenvalue weighted by Gasteiger charge is 2.33. The van der Waals surface area contributed by atoms with Gasteiger partial charge < -0.3 is 14.6 Å². The molecule has 130 valence electrons. The summed E-state index contributed by atoms with van der Waals surface area (Å²) in [6.07, 6.45) is 5.99. The van der Waals surface area contributed by atoms with E-state index in [4.69, 9.17) is 9.68 Å². The van der Waals surface area contributed by atoms with Crippen LogP contribution in [0.3, 0.4) is 0 Å². The second kappa shape index (κ2) is 6.89. The summed E-state index contributed by atoms with van der Waals surface area (Å²) < 4.78 is 5.90. The standard InChI is InChI=1S/C20H23N3O2/c21-13-14-5-8-19-15(11-14)12-17(25-19)7-6-16-3-2-10-23(16)20(24)18-4-1-9-22-18/h5,8,11-12,16,18,22H,1-4,6-7,9-10H2. The molecule has 2 aromatic rings. The summed E-state index contributed by atoms with van der Waals surface area (Å²) in [5.74, 6) is 1.21. The highest BCUT2D eigenvalue weighted by atomic mass is 16.3. The molecule has 2 aliphatic rings. The third kappa shape index (κ3) is 3.27. The molecule has 0 saturated carbocycles. The number of nitriles is 1. The van der Waals surface area contributed by atoms with Gasteiger partial charge in [0.1, 0.15) is 11.3 Å². The molecule has 2 aliphatic heterocycles. The number of hydrogen-bond acceptors (Lipinski definition) is 4. The van der Waals surface area contributed by atoms with E-state index in [-0.39, 0.29) is 11.9 Å². The zero-order valence-electron chi connectivity index (χ0n) is 14.3. The van der Waals surface area contributed by atoms with Crippen LogP contribution in [0.1, 0.15) is 43.4 Å². The fraction of sp³-hybridized carbons (Fsp3) is 0.500. The molecule has 5 heteroatoms. The second-order valence-electron chi connectivity index (χ2n) is 7.09. The summed E-state index contributed by atoms with van der Waals surface area (Å²) >= 11 is 0. The van der Waals surface area contributed by atoms with Crippen LogP contribution >= 0.6 is 0 Å². The number of nitrogens with one attached hydrogen (secondary N) is 1. The van der Waals surface area contributed by atoms with Gasteiger partial charge in [0.05, 0.1) is 17.7 Å². The zero-order chi connectivity index (χ0) is 17.2. The van der Waals surface area contributed by atoms with Crippen LogP contribution in [0.25, 0.3) is 11.0 Å². The molecular formula is C20H23N3O2. The van der Waals surface area contributed by atoms with Crippen molar-refractivity contribution in [3.05, 3.63) is 35.6 Å². The fourth-order valence-corrected chi connectivity index (χ4v) is 4.12. The number of fused-ring (bicyclic) bond motifs is 1. The normalized spacial score (nSPS) is 23.2. The van der Waals surface area contributed by atoms with E-state index in [9.17, 15) is 4.79 Å². The summed E-state index contributed by atoms with van der Waals surface area (Å²) in [6.45, 7) is 1.84. The number of aryl methyl sites for hydroxylation is 1. The summed E-state index contributed by atoms with van der Waals surface area (Å²) in [5.41, 5.74) is 1.47. The monoisotopic (exact) mass is 337 g/mol. The molecule has 3 heterocycles. The van der Waals surface area contributed by atoms with Gasteiger partial charge in [-0.15, -0.1) is 0 Å². The van der Waals surface area contributed by atoms with Gasteiger partial charge in [0.25, 0.3) is 0 Å². The highest BCUT2D eigenvalue weighted by Crippen LogP contribution is 2.26. The molecule has 0 spiro atoms. The van der Waals surface area contributed by atoms with E-state index in [1.54, 1.807) is 6.07 Å². The van der Waals surface area contributed by atoms with Crippen molar-refractivity contribution in [3.8, 4) is 6.07 Å². The molecule has 0 radical (unpaired) electrons. The van der Waals surface area contributed by atoms with Gasteiger partial charge in [-0.25, -0.2) is 0 Å². The molecular weight excluding hydrogens is 314 g/mol. The van der Waals surface area contributed by atoms with E-state index in [0.29, 0.717) is 11.6 Å². The number of rotatable bonds is 4. The van der Waals surface area contributed by atoms with E-state index < -0.39 is 0 Å². The summed E-state index contributed by atoms with van der Waals surface area (Å²) in [6, 6.07) is 10.0. The highest BCUT2D eigenvalue weighted by molar-refractivity contribution is 5.82. The van der Waals surface area contributed by atoms with Crippen molar-refractivity contribution in [1.82, 2.24) is 10.2 Å². The summed E-state index contributed by atoms with van der Waals surface area (Å²) in [4.78, 5) is 14.8. The van der Waals surface area contributed by atoms with Crippen LogP contribution < -0.4 is 5.32 Å². The molecule has 2 unspecified atom stereocenters. The maximum atomic E-state index is 12.7. The van der Waals surface area contributed by atoms with Crippen molar-refractivity contribution in [2.45, 2.75) is 50.6 Å². The average Bonchev–Trinajstić information content (AvgIpc) is 3.38. The molecule has 2 fully saturated rings. The lowest BCUT2D eigenvalue weighted by atomic mass is 10.1. The third-order valence-corrected chi connectivity index (χ3v) is 5.44. The predicted octanol–water partition coefficient (Wildman–Crippen LogP) is 2.98. The first-order chi connectivity index (χ1) is 12.2. The number of benzene rings is 1. The minimum absolute atomic E-state index is 0.0243. The molecule has 0 bridgehead atoms. The number of hydrogen-bond donors (Lipinski definition) is 1. The predicted molar refractivity (Wildman–Crippen MR) is 95.0 cm³/mol. The molecule has 0 aliphatic carbocycles. The Labute approximate surface area is 147 Å². The lowest BCUT2D eigenvalue weighted by molar-refractivity contribution is -0.134. The van der Waals surface area contributed by atoms with Gasteiger partial charge in [0.2, 0.25) is 5.91 Å². The van der Waals surface area contributed by atoms with E-state index in [0.717, 1.165) is 68.3 Å². The SMILES string of the molecule is N#Cc1ccc2oc(CCC3CCCN3C(=O)C3CCCN3)cc2c1. The Morgan fingerprint density at radius 3 is 3.04 bits per heavy atom. The summed E-state index contributed by atoms with van der Waals surface area (Å²) in [5, 5.41) is 13.3. The van der Waals surface area contributed by atoms with Crippen molar-refractivity contribution >= 4 is 16.9 Å². The van der Waals surface area contributed by atoms with Crippen molar-refractivity contribution < 1.29 is 9.21 Å². The van der Waals surface area contributed by atoms with Crippen LogP contribution in [0, 0.1) is 11.3 Å². The Balaban J connectivity index is 1.41. The quantitative estimate of drug-likeness (QED) is 0.931. The molecule has 5 nitrogen and oxygen atoms in total. The molecule has 2 atom stereocenters. The molecule has 1 N–H and O–H groups in total. The molecule has 25 heavy (non-hydrogen) atoms. The maximum Gasteiger partial charge on any atom is 0.239 e. The summed E-state index contributed by atoms with van der Waals surface area (Å²) in [7, 11) is 0. The van der Waals surface area contributed by atoms with Gasteiger partial charge >= 0.3 is 0 Å². The van der Waals surface area contributed by atoms with Gasteiger partial charge in [0.15, 0.2) is 0 Å². The van der Waals surface area contributed by atoms with Crippen LogP contribution in [-0.2, 0) is 11.2 Å². The van der Waals surface area contributed by atoms with Crippen LogP contribution in [-0.4, -0.2) is 36.0 Å². The minimum Gasteiger partial charge on any atom is -0.461 e. The van der Waals surface area contributed by atoms with Crippen molar-refractivity contribution in [2.24, 2.45) is 0 Å². The topological polar surface area (TPSA) is 69.3 Å². The first-order valence-electron chi connectivity index (χ1n) is 9.21. The zero-order valence-corrected chi connectivity index (χ0v) is 14.3. The van der Waals surface area contributed by atoms with Crippen molar-refractivity contribution in [2.75, 3.05) is 13.1 Å². The van der Waals surface area contributed by atoms with Gasteiger partial charge in [-0.2, -0.15) is 5.26 Å². The minimum atomic E-state index is 0.0243. The Morgan fingerprint density at radius 1 is 1.32 bits per heavy atom. The first-order valence-corrected chi connectivity index (χ1v) is 9.21. The van der Waals surface area contributed by atoms with E-state index in [2.05, 4.69) is 16.3 Å². The van der Waals surface area contributed by atoms with Gasteiger partial charge in [-0.05, 0) is 62.9 Å². The van der Waals surface area contributed by atoms with Crippen LogP contribution in [0.4, 0.5) is 0 Å². The van der Waals surface area contributed by atoms with Crippen molar-refractivity contribution in [3.63, 3.8) is 0 Å². The number of carbonyl (C=O) groups excluding carboxylic acids is 1. The Morgan fingerprint density at radius 2 is 2.24 bits per heavy atom. The largest absolute Gasteiger partial charge is 0.461 e. The van der Waals surface area contributed by atoms with E-state index >= 15 is 0 Å². The van der Waals surface area contributed by atoms with Gasteiger partial charge in [0, 0.05) is 24.4 Å². The molecule has 1 aromatic carbocycles. The van der Waals surface area contributed by atoms with Gasteiger partial charge in [-0.3, -0.25) is 4.79 Å². The molecule has 2 saturated heterocycles. The lowest BCUT2D eigenvalue weighted by Crippen LogP contribution is -2.45. The molecule has 1 aromatic heterocycles. The van der Waals surface area contributed by atoms with Crippen LogP contribution in [0.2, 0.25) is 0 Å². The lowest BCUT2D eigenvalue weighted by Gasteiger charge is -2.27. The Bertz CT molecular complexity index is 814. The molecule has 1 amide bonds. The third-order valence-electron chi connectivity index (χ3n) is 5.44. The number of nitrogens with zero attached hydrogens (tertiary/aromatic N) is 2. The van der Waals surface area contributed by atoms with Crippen molar-refractivity contribution in [1.29, 1.82) is 5.26 Å². The smallest absolute Gasteiger partial charge is 0.239 e. The maximum absolute atomic E-state index is 12.7. The number of likely N-dealkylation sites (tertiary alicyclic amines) is 1. The number of amides is 1.